The Morgan fingerprint density at radius 3 is 2.91 bits per heavy atom. The zero-order chi connectivity index (χ0) is 15.9. The predicted molar refractivity (Wildman–Crippen MR) is 86.8 cm³/mol. The molecule has 0 fully saturated rings. The summed E-state index contributed by atoms with van der Waals surface area (Å²) in [5, 5.41) is 9.62. The number of nitrogens with zero attached hydrogens (tertiary/aromatic N) is 2. The van der Waals surface area contributed by atoms with Crippen molar-refractivity contribution < 1.29 is 9.53 Å². The number of ether oxygens (including phenoxy) is 1. The molecule has 2 aromatic heterocycles. The molecule has 0 aromatic carbocycles. The molecule has 118 valence electrons. The lowest BCUT2D eigenvalue weighted by Gasteiger charge is -2.34. The molecule has 5 nitrogen and oxygen atoms in total. The first-order valence-electron chi connectivity index (χ1n) is 7.45. The summed E-state index contributed by atoms with van der Waals surface area (Å²) in [6, 6.07) is 4.16. The van der Waals surface area contributed by atoms with E-state index in [2.05, 4.69) is 16.3 Å². The second-order valence-corrected chi connectivity index (χ2v) is 7.62. The number of amides is 1. The third-order valence-corrected chi connectivity index (χ3v) is 4.57. The number of H-pyrrole nitrogens is 1. The molecule has 0 spiro atoms. The van der Waals surface area contributed by atoms with E-state index < -0.39 is 5.60 Å². The number of aromatic nitrogens is 2. The van der Waals surface area contributed by atoms with E-state index in [0.29, 0.717) is 6.54 Å². The lowest BCUT2D eigenvalue weighted by molar-refractivity contribution is 0.0138. The molecule has 0 radical (unpaired) electrons. The second-order valence-electron chi connectivity index (χ2n) is 6.67. The number of hydrogen-bond acceptors (Lipinski definition) is 4. The second kappa shape index (κ2) is 5.43. The normalized spacial score (nSPS) is 18.2. The van der Waals surface area contributed by atoms with Crippen LogP contribution in [0.3, 0.4) is 0 Å². The van der Waals surface area contributed by atoms with Crippen molar-refractivity contribution in [3.63, 3.8) is 0 Å². The minimum Gasteiger partial charge on any atom is -0.444 e. The fraction of sp³-hybridized carbons (Fsp3) is 0.500. The Labute approximate surface area is 134 Å². The Hall–Kier alpha value is -1.82. The van der Waals surface area contributed by atoms with Crippen molar-refractivity contribution >= 4 is 17.4 Å². The maximum absolute atomic E-state index is 12.4. The Balaban J connectivity index is 1.87. The Bertz CT molecular complexity index is 670. The Morgan fingerprint density at radius 1 is 1.50 bits per heavy atom. The third kappa shape index (κ3) is 2.88. The average molecular weight is 319 g/mol. The summed E-state index contributed by atoms with van der Waals surface area (Å²) < 4.78 is 5.53. The van der Waals surface area contributed by atoms with E-state index in [1.54, 1.807) is 16.2 Å². The van der Waals surface area contributed by atoms with E-state index in [1.165, 1.54) is 0 Å². The van der Waals surface area contributed by atoms with Gasteiger partial charge < -0.3 is 9.64 Å². The summed E-state index contributed by atoms with van der Waals surface area (Å²) in [7, 11) is 0. The fourth-order valence-electron chi connectivity index (χ4n) is 2.65. The van der Waals surface area contributed by atoms with Gasteiger partial charge in [0.2, 0.25) is 0 Å². The number of carbonyl (C=O) groups excluding carboxylic acids is 1. The van der Waals surface area contributed by atoms with Crippen molar-refractivity contribution in [3.05, 3.63) is 28.8 Å². The highest BCUT2D eigenvalue weighted by molar-refractivity contribution is 7.13. The van der Waals surface area contributed by atoms with Crippen LogP contribution in [-0.2, 0) is 17.7 Å². The molecule has 6 heteroatoms. The molecule has 0 saturated heterocycles. The maximum atomic E-state index is 12.4. The van der Waals surface area contributed by atoms with Gasteiger partial charge in [0.15, 0.2) is 0 Å². The molecule has 22 heavy (non-hydrogen) atoms. The van der Waals surface area contributed by atoms with Gasteiger partial charge in [-0.3, -0.25) is 5.10 Å². The van der Waals surface area contributed by atoms with E-state index in [4.69, 9.17) is 4.74 Å². The molecule has 1 N–H and O–H groups in total. The number of nitrogens with one attached hydrogen (secondary N) is 1. The van der Waals surface area contributed by atoms with E-state index in [9.17, 15) is 4.79 Å². The number of fused-ring (bicyclic) bond motifs is 1. The van der Waals surface area contributed by atoms with Crippen LogP contribution in [0.25, 0.3) is 10.6 Å². The van der Waals surface area contributed by atoms with Crippen LogP contribution in [-0.4, -0.2) is 32.8 Å². The summed E-state index contributed by atoms with van der Waals surface area (Å²) in [6.45, 7) is 8.24. The van der Waals surface area contributed by atoms with Crippen molar-refractivity contribution in [1.82, 2.24) is 15.1 Å². The standard InChI is InChI=1S/C16H21N3O2S/c1-10-8-12-11(9-19(10)15(20)21-16(2,3)4)14(18-17-12)13-6-5-7-22-13/h5-7,10H,8-9H2,1-4H3,(H,17,18). The zero-order valence-corrected chi connectivity index (χ0v) is 14.2. The van der Waals surface area contributed by atoms with Gasteiger partial charge in [-0.05, 0) is 39.1 Å². The van der Waals surface area contributed by atoms with Crippen LogP contribution in [0.15, 0.2) is 17.5 Å². The van der Waals surface area contributed by atoms with Crippen LogP contribution in [0.2, 0.25) is 0 Å². The van der Waals surface area contributed by atoms with Crippen LogP contribution >= 0.6 is 11.3 Å². The molecule has 2 aromatic rings. The van der Waals surface area contributed by atoms with Crippen LogP contribution in [0, 0.1) is 0 Å². The van der Waals surface area contributed by atoms with Crippen LogP contribution in [0.4, 0.5) is 4.79 Å². The molecule has 3 rings (SSSR count). The molecular weight excluding hydrogens is 298 g/mol. The zero-order valence-electron chi connectivity index (χ0n) is 13.3. The molecule has 1 amide bonds. The van der Waals surface area contributed by atoms with Crippen molar-refractivity contribution in [2.45, 2.75) is 52.3 Å². The molecule has 0 bridgehead atoms. The summed E-state index contributed by atoms with van der Waals surface area (Å²) in [5.74, 6) is 0. The van der Waals surface area contributed by atoms with E-state index in [0.717, 1.165) is 28.2 Å². The molecule has 0 aliphatic carbocycles. The topological polar surface area (TPSA) is 58.2 Å². The van der Waals surface area contributed by atoms with Gasteiger partial charge in [0, 0.05) is 23.7 Å². The molecule has 1 aliphatic heterocycles. The van der Waals surface area contributed by atoms with Crippen LogP contribution in [0.5, 0.6) is 0 Å². The fourth-order valence-corrected chi connectivity index (χ4v) is 3.40. The number of hydrogen-bond donors (Lipinski definition) is 1. The van der Waals surface area contributed by atoms with Gasteiger partial charge in [0.25, 0.3) is 0 Å². The first kappa shape index (κ1) is 15.1. The van der Waals surface area contributed by atoms with E-state index in [1.807, 2.05) is 39.1 Å². The van der Waals surface area contributed by atoms with Gasteiger partial charge in [0.1, 0.15) is 11.3 Å². The first-order chi connectivity index (χ1) is 10.3. The van der Waals surface area contributed by atoms with Crippen LogP contribution < -0.4 is 0 Å². The summed E-state index contributed by atoms with van der Waals surface area (Å²) in [6.07, 6.45) is 0.511. The summed E-state index contributed by atoms with van der Waals surface area (Å²) >= 11 is 1.66. The number of aromatic amines is 1. The first-order valence-corrected chi connectivity index (χ1v) is 8.33. The number of carbonyl (C=O) groups is 1. The smallest absolute Gasteiger partial charge is 0.410 e. The SMILES string of the molecule is CC1Cc2[nH]nc(-c3cccs3)c2CN1C(=O)OC(C)(C)C. The third-order valence-electron chi connectivity index (χ3n) is 3.70. The van der Waals surface area contributed by atoms with E-state index in [-0.39, 0.29) is 12.1 Å². The minimum atomic E-state index is -0.482. The maximum Gasteiger partial charge on any atom is 0.410 e. The van der Waals surface area contributed by atoms with Crippen molar-refractivity contribution in [2.24, 2.45) is 0 Å². The van der Waals surface area contributed by atoms with Crippen LogP contribution in [0.1, 0.15) is 39.0 Å². The quantitative estimate of drug-likeness (QED) is 0.869. The molecule has 1 aliphatic rings. The summed E-state index contributed by atoms with van der Waals surface area (Å²) in [5.41, 5.74) is 2.69. The Morgan fingerprint density at radius 2 is 2.27 bits per heavy atom. The monoisotopic (exact) mass is 319 g/mol. The number of rotatable bonds is 1. The highest BCUT2D eigenvalue weighted by Gasteiger charge is 2.33. The summed E-state index contributed by atoms with van der Waals surface area (Å²) in [4.78, 5) is 15.3. The van der Waals surface area contributed by atoms with Gasteiger partial charge in [-0.15, -0.1) is 11.3 Å². The molecule has 0 saturated carbocycles. The molecule has 1 unspecified atom stereocenters. The highest BCUT2D eigenvalue weighted by atomic mass is 32.1. The van der Waals surface area contributed by atoms with E-state index >= 15 is 0 Å². The number of thiophene rings is 1. The largest absolute Gasteiger partial charge is 0.444 e. The van der Waals surface area contributed by atoms with Gasteiger partial charge >= 0.3 is 6.09 Å². The van der Waals surface area contributed by atoms with Gasteiger partial charge in [-0.2, -0.15) is 5.10 Å². The van der Waals surface area contributed by atoms with Crippen molar-refractivity contribution in [2.75, 3.05) is 0 Å². The minimum absolute atomic E-state index is 0.0963. The van der Waals surface area contributed by atoms with Crippen molar-refractivity contribution in [1.29, 1.82) is 0 Å². The van der Waals surface area contributed by atoms with Gasteiger partial charge in [0.05, 0.1) is 11.4 Å². The van der Waals surface area contributed by atoms with Gasteiger partial charge in [-0.25, -0.2) is 4.79 Å². The lowest BCUT2D eigenvalue weighted by Crippen LogP contribution is -2.45. The van der Waals surface area contributed by atoms with Crippen molar-refractivity contribution in [3.8, 4) is 10.6 Å². The molecule has 1 atom stereocenters. The molecule has 3 heterocycles. The highest BCUT2D eigenvalue weighted by Crippen LogP contribution is 2.33. The predicted octanol–water partition coefficient (Wildman–Crippen LogP) is 3.82. The Kier molecular flexibility index (Phi) is 3.72. The molecular formula is C16H21N3O2S. The van der Waals surface area contributed by atoms with Gasteiger partial charge in [-0.1, -0.05) is 6.07 Å². The lowest BCUT2D eigenvalue weighted by atomic mass is 9.99. The average Bonchev–Trinajstić information content (AvgIpc) is 3.02.